The zero-order chi connectivity index (χ0) is 15.0. The van der Waals surface area contributed by atoms with E-state index in [2.05, 4.69) is 10.4 Å². The third-order valence-corrected chi connectivity index (χ3v) is 3.29. The molecule has 1 aliphatic heterocycles. The third-order valence-electron chi connectivity index (χ3n) is 3.29. The van der Waals surface area contributed by atoms with Gasteiger partial charge in [-0.05, 0) is 31.2 Å². The van der Waals surface area contributed by atoms with Crippen molar-refractivity contribution in [1.82, 2.24) is 9.78 Å². The van der Waals surface area contributed by atoms with Crippen LogP contribution < -0.4 is 10.1 Å². The van der Waals surface area contributed by atoms with E-state index in [0.29, 0.717) is 12.2 Å². The Balaban J connectivity index is 1.98. The SMILES string of the molecule is C[C@@H]1CCn2nc(Nc3ccc(F)cc3)c(C(=O)O)c2O1. The molecule has 0 saturated heterocycles. The Bertz CT molecular complexity index is 682. The van der Waals surface area contributed by atoms with Gasteiger partial charge in [0.15, 0.2) is 11.4 Å². The third kappa shape index (κ3) is 2.54. The highest BCUT2D eigenvalue weighted by molar-refractivity contribution is 5.96. The molecule has 0 amide bonds. The number of carboxylic acids is 1. The maximum absolute atomic E-state index is 12.9. The molecule has 0 bridgehead atoms. The number of nitrogens with zero attached hydrogens (tertiary/aromatic N) is 2. The molecule has 2 aromatic rings. The first-order valence-electron chi connectivity index (χ1n) is 6.58. The predicted octanol–water partition coefficient (Wildman–Crippen LogP) is 2.64. The smallest absolute Gasteiger partial charge is 0.345 e. The number of halogens is 1. The fourth-order valence-corrected chi connectivity index (χ4v) is 2.22. The number of aromatic nitrogens is 2. The van der Waals surface area contributed by atoms with Gasteiger partial charge in [-0.15, -0.1) is 0 Å². The van der Waals surface area contributed by atoms with Crippen LogP contribution in [0.25, 0.3) is 0 Å². The molecule has 0 spiro atoms. The largest absolute Gasteiger partial charge is 0.477 e. The zero-order valence-electron chi connectivity index (χ0n) is 11.3. The molecule has 1 aromatic heterocycles. The maximum atomic E-state index is 12.9. The number of aryl methyl sites for hydroxylation is 1. The number of carboxylic acid groups (broad SMARTS) is 1. The number of rotatable bonds is 3. The summed E-state index contributed by atoms with van der Waals surface area (Å²) in [5, 5.41) is 16.5. The molecule has 1 atom stereocenters. The summed E-state index contributed by atoms with van der Waals surface area (Å²) in [6.45, 7) is 2.48. The summed E-state index contributed by atoms with van der Waals surface area (Å²) in [6.07, 6.45) is 0.718. The molecule has 6 nitrogen and oxygen atoms in total. The first-order chi connectivity index (χ1) is 10.0. The van der Waals surface area contributed by atoms with E-state index in [1.165, 1.54) is 28.9 Å². The number of hydrogen-bond donors (Lipinski definition) is 2. The summed E-state index contributed by atoms with van der Waals surface area (Å²) in [5.41, 5.74) is 0.549. The molecule has 3 rings (SSSR count). The van der Waals surface area contributed by atoms with Crippen molar-refractivity contribution in [3.8, 4) is 5.88 Å². The normalized spacial score (nSPS) is 17.0. The first-order valence-corrected chi connectivity index (χ1v) is 6.58. The molecule has 0 fully saturated rings. The highest BCUT2D eigenvalue weighted by Crippen LogP contribution is 2.32. The summed E-state index contributed by atoms with van der Waals surface area (Å²) < 4.78 is 20.0. The minimum Gasteiger partial charge on any atom is -0.477 e. The van der Waals surface area contributed by atoms with Gasteiger partial charge in [0.2, 0.25) is 5.88 Å². The number of nitrogens with one attached hydrogen (secondary N) is 1. The van der Waals surface area contributed by atoms with Crippen LogP contribution in [-0.2, 0) is 6.54 Å². The van der Waals surface area contributed by atoms with Gasteiger partial charge in [-0.1, -0.05) is 0 Å². The molecule has 0 aliphatic carbocycles. The lowest BCUT2D eigenvalue weighted by Gasteiger charge is -2.21. The summed E-state index contributed by atoms with van der Waals surface area (Å²) in [7, 11) is 0. The second-order valence-electron chi connectivity index (χ2n) is 4.91. The second-order valence-corrected chi connectivity index (χ2v) is 4.91. The van der Waals surface area contributed by atoms with Crippen molar-refractivity contribution in [2.45, 2.75) is 26.0 Å². The topological polar surface area (TPSA) is 76.4 Å². The van der Waals surface area contributed by atoms with E-state index in [0.717, 1.165) is 6.42 Å². The van der Waals surface area contributed by atoms with Crippen molar-refractivity contribution < 1.29 is 19.0 Å². The van der Waals surface area contributed by atoms with Gasteiger partial charge >= 0.3 is 5.97 Å². The van der Waals surface area contributed by atoms with Crippen molar-refractivity contribution in [2.24, 2.45) is 0 Å². The fraction of sp³-hybridized carbons (Fsp3) is 0.286. The van der Waals surface area contributed by atoms with Crippen LogP contribution in [0.15, 0.2) is 24.3 Å². The van der Waals surface area contributed by atoms with E-state index < -0.39 is 5.97 Å². The van der Waals surface area contributed by atoms with Gasteiger partial charge in [-0.3, -0.25) is 0 Å². The van der Waals surface area contributed by atoms with Crippen LogP contribution in [0.3, 0.4) is 0 Å². The van der Waals surface area contributed by atoms with Crippen molar-refractivity contribution in [2.75, 3.05) is 5.32 Å². The average molecular weight is 291 g/mol. The minimum absolute atomic E-state index is 0.00845. The maximum Gasteiger partial charge on any atom is 0.345 e. The summed E-state index contributed by atoms with van der Waals surface area (Å²) >= 11 is 0. The Hall–Kier alpha value is -2.57. The van der Waals surface area contributed by atoms with Crippen LogP contribution in [0.1, 0.15) is 23.7 Å². The summed E-state index contributed by atoms with van der Waals surface area (Å²) in [6, 6.07) is 5.61. The van der Waals surface area contributed by atoms with E-state index in [-0.39, 0.29) is 29.2 Å². The zero-order valence-corrected chi connectivity index (χ0v) is 11.3. The van der Waals surface area contributed by atoms with Crippen molar-refractivity contribution in [1.29, 1.82) is 0 Å². The standard InChI is InChI=1S/C14H14FN3O3/c1-8-6-7-18-13(21-8)11(14(19)20)12(17-18)16-10-4-2-9(15)3-5-10/h2-5,8H,6-7H2,1H3,(H,16,17)(H,19,20)/t8-/m1/s1. The minimum atomic E-state index is -1.12. The molecule has 2 N–H and O–H groups in total. The first kappa shape index (κ1) is 13.4. The molecular weight excluding hydrogens is 277 g/mol. The Kier molecular flexibility index (Phi) is 3.25. The highest BCUT2D eigenvalue weighted by Gasteiger charge is 2.29. The van der Waals surface area contributed by atoms with Crippen molar-refractivity contribution >= 4 is 17.5 Å². The molecule has 0 saturated carbocycles. The van der Waals surface area contributed by atoms with Gasteiger partial charge < -0.3 is 15.2 Å². The van der Waals surface area contributed by atoms with E-state index in [9.17, 15) is 14.3 Å². The Morgan fingerprint density at radius 2 is 2.19 bits per heavy atom. The Morgan fingerprint density at radius 1 is 1.48 bits per heavy atom. The number of benzene rings is 1. The van der Waals surface area contributed by atoms with Gasteiger partial charge in [-0.25, -0.2) is 13.9 Å². The quantitative estimate of drug-likeness (QED) is 0.909. The van der Waals surface area contributed by atoms with Gasteiger partial charge in [0.25, 0.3) is 0 Å². The molecule has 21 heavy (non-hydrogen) atoms. The van der Waals surface area contributed by atoms with E-state index in [1.54, 1.807) is 0 Å². The van der Waals surface area contributed by atoms with Gasteiger partial charge in [0.1, 0.15) is 5.82 Å². The lowest BCUT2D eigenvalue weighted by atomic mass is 10.2. The number of anilines is 2. The Morgan fingerprint density at radius 3 is 2.86 bits per heavy atom. The summed E-state index contributed by atoms with van der Waals surface area (Å²) in [5.74, 6) is -1.03. The molecule has 7 heteroatoms. The highest BCUT2D eigenvalue weighted by atomic mass is 19.1. The molecule has 0 unspecified atom stereocenters. The molecular formula is C14H14FN3O3. The molecule has 1 aliphatic rings. The number of fused-ring (bicyclic) bond motifs is 1. The van der Waals surface area contributed by atoms with Gasteiger partial charge in [0.05, 0.1) is 6.10 Å². The number of ether oxygens (including phenoxy) is 1. The van der Waals surface area contributed by atoms with Gasteiger partial charge in [-0.2, -0.15) is 5.10 Å². The number of carbonyl (C=O) groups is 1. The Labute approximate surface area is 120 Å². The molecule has 0 radical (unpaired) electrons. The van der Waals surface area contributed by atoms with Crippen LogP contribution in [0.4, 0.5) is 15.9 Å². The van der Waals surface area contributed by atoms with Crippen LogP contribution in [-0.4, -0.2) is 27.0 Å². The molecule has 1 aromatic carbocycles. The van der Waals surface area contributed by atoms with Crippen molar-refractivity contribution in [3.05, 3.63) is 35.6 Å². The number of aromatic carboxylic acids is 1. The molecule has 110 valence electrons. The lowest BCUT2D eigenvalue weighted by Crippen LogP contribution is -2.24. The van der Waals surface area contributed by atoms with E-state index in [1.807, 2.05) is 6.92 Å². The predicted molar refractivity (Wildman–Crippen MR) is 73.6 cm³/mol. The van der Waals surface area contributed by atoms with Crippen molar-refractivity contribution in [3.63, 3.8) is 0 Å². The fourth-order valence-electron chi connectivity index (χ4n) is 2.22. The van der Waals surface area contributed by atoms with E-state index in [4.69, 9.17) is 4.74 Å². The van der Waals surface area contributed by atoms with Crippen LogP contribution in [0.2, 0.25) is 0 Å². The monoisotopic (exact) mass is 291 g/mol. The van der Waals surface area contributed by atoms with Crippen LogP contribution in [0, 0.1) is 5.82 Å². The van der Waals surface area contributed by atoms with Gasteiger partial charge in [0, 0.05) is 18.7 Å². The number of hydrogen-bond acceptors (Lipinski definition) is 4. The molecule has 2 heterocycles. The lowest BCUT2D eigenvalue weighted by molar-refractivity contribution is 0.0684. The average Bonchev–Trinajstić information content (AvgIpc) is 2.78. The second kappa shape index (κ2) is 5.08. The van der Waals surface area contributed by atoms with E-state index >= 15 is 0 Å². The van der Waals surface area contributed by atoms with Crippen LogP contribution in [0.5, 0.6) is 5.88 Å². The van der Waals surface area contributed by atoms with Crippen LogP contribution >= 0.6 is 0 Å². The summed E-state index contributed by atoms with van der Waals surface area (Å²) in [4.78, 5) is 11.5.